The second-order valence-electron chi connectivity index (χ2n) is 6.35. The number of Topliss-reactive ketones (excluding diaryl/α,β-unsaturated/α-hetero) is 1. The van der Waals surface area contributed by atoms with Gasteiger partial charge in [-0.2, -0.15) is 0 Å². The molecule has 1 atom stereocenters. The van der Waals surface area contributed by atoms with Crippen molar-refractivity contribution < 1.29 is 9.59 Å². The molecule has 0 radical (unpaired) electrons. The van der Waals surface area contributed by atoms with Gasteiger partial charge in [-0.05, 0) is 42.5 Å². The highest BCUT2D eigenvalue weighted by atomic mass is 16.2. The standard InChI is InChI=1S/C19H20N2O3/c1-3-12-4-6-13(7-5-12)20-18(23)15-10-14-16(21-19(15)24)8-11(2)9-17(14)22/h4-7,10-11H,3,8-9H2,1-2H3,(H,20,23)(H,21,24)/t11-/m0/s1. The largest absolute Gasteiger partial charge is 0.325 e. The number of pyridine rings is 1. The molecule has 0 saturated heterocycles. The van der Waals surface area contributed by atoms with E-state index in [-0.39, 0.29) is 17.3 Å². The van der Waals surface area contributed by atoms with E-state index in [9.17, 15) is 14.4 Å². The minimum atomic E-state index is -0.505. The number of nitrogens with one attached hydrogen (secondary N) is 2. The number of aryl methyl sites for hydroxylation is 1. The molecule has 0 spiro atoms. The first-order chi connectivity index (χ1) is 11.5. The van der Waals surface area contributed by atoms with Gasteiger partial charge < -0.3 is 10.3 Å². The van der Waals surface area contributed by atoms with Crippen LogP contribution in [0, 0.1) is 5.92 Å². The third-order valence-corrected chi connectivity index (χ3v) is 4.37. The molecule has 0 aliphatic heterocycles. The van der Waals surface area contributed by atoms with Gasteiger partial charge >= 0.3 is 0 Å². The van der Waals surface area contributed by atoms with E-state index in [0.717, 1.165) is 6.42 Å². The lowest BCUT2D eigenvalue weighted by Gasteiger charge is -2.20. The van der Waals surface area contributed by atoms with Gasteiger partial charge in [0.1, 0.15) is 5.56 Å². The third kappa shape index (κ3) is 3.15. The number of rotatable bonds is 3. The molecule has 1 aliphatic carbocycles. The van der Waals surface area contributed by atoms with E-state index in [1.807, 2.05) is 19.1 Å². The van der Waals surface area contributed by atoms with E-state index in [1.54, 1.807) is 12.1 Å². The molecule has 1 aliphatic rings. The molecule has 1 aromatic carbocycles. The maximum atomic E-state index is 12.4. The Morgan fingerprint density at radius 1 is 1.21 bits per heavy atom. The third-order valence-electron chi connectivity index (χ3n) is 4.37. The van der Waals surface area contributed by atoms with Crippen molar-refractivity contribution >= 4 is 17.4 Å². The van der Waals surface area contributed by atoms with Crippen LogP contribution in [-0.2, 0) is 12.8 Å². The Morgan fingerprint density at radius 2 is 1.92 bits per heavy atom. The SMILES string of the molecule is CCc1ccc(NC(=O)c2cc3c([nH]c2=O)C[C@H](C)CC3=O)cc1. The molecule has 0 fully saturated rings. The summed E-state index contributed by atoms with van der Waals surface area (Å²) in [5, 5.41) is 2.71. The number of benzene rings is 1. The van der Waals surface area contributed by atoms with Crippen LogP contribution in [0.5, 0.6) is 0 Å². The quantitative estimate of drug-likeness (QED) is 0.911. The van der Waals surface area contributed by atoms with Crippen LogP contribution in [0.3, 0.4) is 0 Å². The molecule has 5 nitrogen and oxygen atoms in total. The van der Waals surface area contributed by atoms with Crippen molar-refractivity contribution in [1.29, 1.82) is 0 Å². The highest BCUT2D eigenvalue weighted by molar-refractivity contribution is 6.06. The van der Waals surface area contributed by atoms with E-state index in [0.29, 0.717) is 29.8 Å². The summed E-state index contributed by atoms with van der Waals surface area (Å²) >= 11 is 0. The fraction of sp³-hybridized carbons (Fsp3) is 0.316. The molecule has 2 aromatic rings. The molecular formula is C19H20N2O3. The number of fused-ring (bicyclic) bond motifs is 1. The average molecular weight is 324 g/mol. The van der Waals surface area contributed by atoms with Gasteiger partial charge in [-0.25, -0.2) is 0 Å². The molecule has 5 heteroatoms. The smallest absolute Gasteiger partial charge is 0.261 e. The zero-order chi connectivity index (χ0) is 17.3. The van der Waals surface area contributed by atoms with Gasteiger partial charge in [-0.1, -0.05) is 26.0 Å². The Morgan fingerprint density at radius 3 is 2.58 bits per heavy atom. The number of aromatic nitrogens is 1. The van der Waals surface area contributed by atoms with Crippen LogP contribution >= 0.6 is 0 Å². The number of carbonyl (C=O) groups excluding carboxylic acids is 2. The fourth-order valence-electron chi connectivity index (χ4n) is 3.02. The van der Waals surface area contributed by atoms with Crippen LogP contribution in [0.1, 0.15) is 52.2 Å². The zero-order valence-corrected chi connectivity index (χ0v) is 13.8. The normalized spacial score (nSPS) is 16.6. The van der Waals surface area contributed by atoms with E-state index in [4.69, 9.17) is 0 Å². The van der Waals surface area contributed by atoms with E-state index < -0.39 is 11.5 Å². The van der Waals surface area contributed by atoms with Crippen LogP contribution in [0.4, 0.5) is 5.69 Å². The molecule has 2 N–H and O–H groups in total. The van der Waals surface area contributed by atoms with Gasteiger partial charge in [0, 0.05) is 23.4 Å². The highest BCUT2D eigenvalue weighted by Crippen LogP contribution is 2.23. The minimum absolute atomic E-state index is 0.0265. The Hall–Kier alpha value is -2.69. The zero-order valence-electron chi connectivity index (χ0n) is 13.8. The van der Waals surface area contributed by atoms with Gasteiger partial charge in [0.2, 0.25) is 0 Å². The number of amides is 1. The number of hydrogen-bond acceptors (Lipinski definition) is 3. The summed E-state index contributed by atoms with van der Waals surface area (Å²) in [6.45, 7) is 4.03. The van der Waals surface area contributed by atoms with E-state index in [1.165, 1.54) is 11.6 Å². The lowest BCUT2D eigenvalue weighted by molar-refractivity contribution is 0.0952. The Kier molecular flexibility index (Phi) is 4.34. The maximum Gasteiger partial charge on any atom is 0.261 e. The van der Waals surface area contributed by atoms with Crippen molar-refractivity contribution in [1.82, 2.24) is 4.98 Å². The molecule has 0 unspecified atom stereocenters. The molecule has 3 rings (SSSR count). The molecule has 24 heavy (non-hydrogen) atoms. The number of aromatic amines is 1. The summed E-state index contributed by atoms with van der Waals surface area (Å²) in [6.07, 6.45) is 2.01. The Bertz CT molecular complexity index is 850. The van der Waals surface area contributed by atoms with Crippen molar-refractivity contribution in [3.8, 4) is 0 Å². The van der Waals surface area contributed by atoms with Gasteiger partial charge in [-0.15, -0.1) is 0 Å². The van der Waals surface area contributed by atoms with Crippen LogP contribution in [-0.4, -0.2) is 16.7 Å². The monoisotopic (exact) mass is 324 g/mol. The average Bonchev–Trinajstić information content (AvgIpc) is 2.54. The summed E-state index contributed by atoms with van der Waals surface area (Å²) in [7, 11) is 0. The van der Waals surface area contributed by atoms with Crippen LogP contribution in [0.15, 0.2) is 35.1 Å². The summed E-state index contributed by atoms with van der Waals surface area (Å²) in [5.41, 5.74) is 2.38. The summed E-state index contributed by atoms with van der Waals surface area (Å²) < 4.78 is 0. The number of ketones is 1. The number of anilines is 1. The first-order valence-corrected chi connectivity index (χ1v) is 8.17. The maximum absolute atomic E-state index is 12.4. The summed E-state index contributed by atoms with van der Waals surface area (Å²) in [5.74, 6) is -0.325. The van der Waals surface area contributed by atoms with E-state index in [2.05, 4.69) is 17.2 Å². The topological polar surface area (TPSA) is 79.0 Å². The van der Waals surface area contributed by atoms with Crippen molar-refractivity contribution in [2.45, 2.75) is 33.1 Å². The summed E-state index contributed by atoms with van der Waals surface area (Å²) in [6, 6.07) is 8.89. The van der Waals surface area contributed by atoms with Gasteiger partial charge in [0.15, 0.2) is 5.78 Å². The molecule has 1 heterocycles. The Labute approximate surface area is 140 Å². The lowest BCUT2D eigenvalue weighted by atomic mass is 9.86. The summed E-state index contributed by atoms with van der Waals surface area (Å²) in [4.78, 5) is 39.5. The molecular weight excluding hydrogens is 304 g/mol. The van der Waals surface area contributed by atoms with Crippen LogP contribution in [0.2, 0.25) is 0 Å². The fourth-order valence-corrected chi connectivity index (χ4v) is 3.02. The molecule has 0 bridgehead atoms. The van der Waals surface area contributed by atoms with Gasteiger partial charge in [0.05, 0.1) is 0 Å². The minimum Gasteiger partial charge on any atom is -0.325 e. The van der Waals surface area contributed by atoms with Crippen molar-refractivity contribution in [3.63, 3.8) is 0 Å². The van der Waals surface area contributed by atoms with E-state index >= 15 is 0 Å². The van der Waals surface area contributed by atoms with Crippen molar-refractivity contribution in [2.24, 2.45) is 5.92 Å². The highest BCUT2D eigenvalue weighted by Gasteiger charge is 2.25. The number of carbonyl (C=O) groups is 2. The predicted molar refractivity (Wildman–Crippen MR) is 92.7 cm³/mol. The van der Waals surface area contributed by atoms with Crippen LogP contribution < -0.4 is 10.9 Å². The molecule has 1 aromatic heterocycles. The second-order valence-corrected chi connectivity index (χ2v) is 6.35. The second kappa shape index (κ2) is 6.43. The first kappa shape index (κ1) is 16.2. The molecule has 1 amide bonds. The molecule has 0 saturated carbocycles. The van der Waals surface area contributed by atoms with Gasteiger partial charge in [-0.3, -0.25) is 14.4 Å². The molecule has 124 valence electrons. The number of H-pyrrole nitrogens is 1. The predicted octanol–water partition coefficient (Wildman–Crippen LogP) is 2.95. The number of hydrogen-bond donors (Lipinski definition) is 2. The van der Waals surface area contributed by atoms with Gasteiger partial charge in [0.25, 0.3) is 11.5 Å². The van der Waals surface area contributed by atoms with Crippen LogP contribution in [0.25, 0.3) is 0 Å². The lowest BCUT2D eigenvalue weighted by Crippen LogP contribution is -2.29. The van der Waals surface area contributed by atoms with Crippen molar-refractivity contribution in [3.05, 3.63) is 63.1 Å². The Balaban J connectivity index is 1.88. The van der Waals surface area contributed by atoms with Crippen molar-refractivity contribution in [2.75, 3.05) is 5.32 Å². The first-order valence-electron chi connectivity index (χ1n) is 8.17.